The molecular weight excluding hydrogens is 368 g/mol. The molecule has 0 spiro atoms. The Hall–Kier alpha value is -2.87. The molecule has 0 atom stereocenters. The van der Waals surface area contributed by atoms with Gasteiger partial charge in [0.05, 0.1) is 17.9 Å². The predicted molar refractivity (Wildman–Crippen MR) is 111 cm³/mol. The van der Waals surface area contributed by atoms with Gasteiger partial charge in [-0.2, -0.15) is 5.10 Å². The molecule has 2 heterocycles. The highest BCUT2D eigenvalue weighted by atomic mass is 16.2. The first-order chi connectivity index (χ1) is 14.0. The Morgan fingerprint density at radius 1 is 1.10 bits per heavy atom. The molecule has 1 aromatic heterocycles. The van der Waals surface area contributed by atoms with E-state index in [4.69, 9.17) is 5.10 Å². The Kier molecular flexibility index (Phi) is 5.53. The lowest BCUT2D eigenvalue weighted by molar-refractivity contribution is -0.117. The first-order valence-corrected chi connectivity index (χ1v) is 10.1. The van der Waals surface area contributed by atoms with E-state index in [1.807, 2.05) is 46.0 Å². The maximum atomic E-state index is 12.7. The highest BCUT2D eigenvalue weighted by molar-refractivity contribution is 5.91. The first kappa shape index (κ1) is 19.4. The molecule has 2 aliphatic rings. The molecule has 3 amide bonds. The number of hydrogen-bond acceptors (Lipinski definition) is 4. The smallest absolute Gasteiger partial charge is 0.319 e. The number of rotatable bonds is 5. The fraction of sp³-hybridized carbons (Fsp3) is 0.476. The van der Waals surface area contributed by atoms with Crippen molar-refractivity contribution in [2.75, 3.05) is 52.1 Å². The second-order valence-electron chi connectivity index (χ2n) is 7.96. The van der Waals surface area contributed by atoms with Gasteiger partial charge in [-0.1, -0.05) is 18.2 Å². The van der Waals surface area contributed by atoms with Gasteiger partial charge < -0.3 is 15.1 Å². The number of benzene rings is 1. The summed E-state index contributed by atoms with van der Waals surface area (Å²) in [7, 11) is 3.52. The molecule has 29 heavy (non-hydrogen) atoms. The van der Waals surface area contributed by atoms with Crippen LogP contribution in [0.15, 0.2) is 36.4 Å². The average molecular weight is 396 g/mol. The summed E-state index contributed by atoms with van der Waals surface area (Å²) in [6, 6.07) is 11.9. The molecule has 0 radical (unpaired) electrons. The number of carbonyl (C=O) groups is 2. The normalized spacial score (nSPS) is 17.2. The Labute approximate surface area is 171 Å². The van der Waals surface area contributed by atoms with Gasteiger partial charge in [0.2, 0.25) is 5.91 Å². The summed E-state index contributed by atoms with van der Waals surface area (Å²) in [4.78, 5) is 30.2. The third-order valence-electron chi connectivity index (χ3n) is 5.38. The predicted octanol–water partition coefficient (Wildman–Crippen LogP) is 1.99. The number of anilines is 1. The zero-order valence-corrected chi connectivity index (χ0v) is 17.0. The third kappa shape index (κ3) is 4.59. The van der Waals surface area contributed by atoms with Crippen molar-refractivity contribution in [3.05, 3.63) is 42.1 Å². The molecule has 1 aromatic carbocycles. The van der Waals surface area contributed by atoms with E-state index >= 15 is 0 Å². The fourth-order valence-corrected chi connectivity index (χ4v) is 3.60. The van der Waals surface area contributed by atoms with Crippen molar-refractivity contribution < 1.29 is 9.59 Å². The van der Waals surface area contributed by atoms with Gasteiger partial charge in [-0.15, -0.1) is 0 Å². The van der Waals surface area contributed by atoms with E-state index in [1.165, 1.54) is 0 Å². The topological polar surface area (TPSA) is 73.7 Å². The lowest BCUT2D eigenvalue weighted by Crippen LogP contribution is -2.52. The Balaban J connectivity index is 1.38. The number of piperazine rings is 1. The van der Waals surface area contributed by atoms with E-state index in [-0.39, 0.29) is 11.9 Å². The molecule has 154 valence electrons. The van der Waals surface area contributed by atoms with Gasteiger partial charge in [-0.3, -0.25) is 9.69 Å². The number of amides is 3. The number of aromatic nitrogens is 2. The second-order valence-corrected chi connectivity index (χ2v) is 7.96. The van der Waals surface area contributed by atoms with Gasteiger partial charge in [0, 0.05) is 52.3 Å². The lowest BCUT2D eigenvalue weighted by atomic mass is 10.3. The molecule has 1 aliphatic heterocycles. The van der Waals surface area contributed by atoms with Crippen molar-refractivity contribution >= 4 is 17.8 Å². The van der Waals surface area contributed by atoms with Crippen LogP contribution in [-0.4, -0.2) is 83.2 Å². The standard InChI is InChI=1S/C21H28N6O2/c1-24(2)21(29)26-12-10-25(11-13-26)15-20(28)22-19-14-18(16-8-9-16)23-27(19)17-6-4-3-5-7-17/h3-7,14,16H,8-13,15H2,1-2H3,(H,22,28). The van der Waals surface area contributed by atoms with Gasteiger partial charge in [0.1, 0.15) is 5.82 Å². The van der Waals surface area contributed by atoms with Crippen molar-refractivity contribution in [2.45, 2.75) is 18.8 Å². The monoisotopic (exact) mass is 396 g/mol. The van der Waals surface area contributed by atoms with E-state index in [2.05, 4.69) is 10.2 Å². The first-order valence-electron chi connectivity index (χ1n) is 10.1. The maximum Gasteiger partial charge on any atom is 0.319 e. The van der Waals surface area contributed by atoms with Crippen LogP contribution < -0.4 is 5.32 Å². The molecule has 2 fully saturated rings. The van der Waals surface area contributed by atoms with Crippen LogP contribution in [0.5, 0.6) is 0 Å². The van der Waals surface area contributed by atoms with Crippen LogP contribution in [0, 0.1) is 0 Å². The van der Waals surface area contributed by atoms with Gasteiger partial charge >= 0.3 is 6.03 Å². The summed E-state index contributed by atoms with van der Waals surface area (Å²) in [5.41, 5.74) is 1.98. The van der Waals surface area contributed by atoms with Crippen LogP contribution in [-0.2, 0) is 4.79 Å². The number of nitrogens with one attached hydrogen (secondary N) is 1. The summed E-state index contributed by atoms with van der Waals surface area (Å²) in [6.45, 7) is 2.97. The van der Waals surface area contributed by atoms with Crippen LogP contribution in [0.2, 0.25) is 0 Å². The van der Waals surface area contributed by atoms with E-state index < -0.39 is 0 Å². The molecule has 4 rings (SSSR count). The largest absolute Gasteiger partial charge is 0.331 e. The Bertz CT molecular complexity index is 867. The molecule has 8 nitrogen and oxygen atoms in total. The van der Waals surface area contributed by atoms with Crippen LogP contribution >= 0.6 is 0 Å². The summed E-state index contributed by atoms with van der Waals surface area (Å²) in [5, 5.41) is 7.77. The zero-order valence-electron chi connectivity index (χ0n) is 17.0. The molecule has 1 saturated heterocycles. The highest BCUT2D eigenvalue weighted by Gasteiger charge is 2.28. The lowest BCUT2D eigenvalue weighted by Gasteiger charge is -2.35. The number of carbonyl (C=O) groups excluding carboxylic acids is 2. The third-order valence-corrected chi connectivity index (χ3v) is 5.38. The van der Waals surface area contributed by atoms with Crippen molar-refractivity contribution in [1.82, 2.24) is 24.5 Å². The molecule has 1 saturated carbocycles. The molecule has 2 aromatic rings. The van der Waals surface area contributed by atoms with Crippen molar-refractivity contribution in [1.29, 1.82) is 0 Å². The van der Waals surface area contributed by atoms with Gasteiger partial charge in [0.25, 0.3) is 0 Å². The van der Waals surface area contributed by atoms with Crippen LogP contribution in [0.1, 0.15) is 24.5 Å². The molecule has 0 bridgehead atoms. The summed E-state index contributed by atoms with van der Waals surface area (Å²) < 4.78 is 1.82. The minimum Gasteiger partial charge on any atom is -0.331 e. The van der Waals surface area contributed by atoms with Gasteiger partial charge in [0.15, 0.2) is 0 Å². The molecule has 0 unspecified atom stereocenters. The Morgan fingerprint density at radius 3 is 2.41 bits per heavy atom. The zero-order chi connectivity index (χ0) is 20.4. The number of hydrogen-bond donors (Lipinski definition) is 1. The number of urea groups is 1. The minimum atomic E-state index is -0.0585. The molecule has 1 N–H and O–H groups in total. The summed E-state index contributed by atoms with van der Waals surface area (Å²) in [5.74, 6) is 1.17. The summed E-state index contributed by atoms with van der Waals surface area (Å²) in [6.07, 6.45) is 2.32. The van der Waals surface area contributed by atoms with Gasteiger partial charge in [-0.05, 0) is 25.0 Å². The van der Waals surface area contributed by atoms with E-state index in [0.717, 1.165) is 24.2 Å². The fourth-order valence-electron chi connectivity index (χ4n) is 3.60. The Morgan fingerprint density at radius 2 is 1.79 bits per heavy atom. The van der Waals surface area contributed by atoms with Gasteiger partial charge in [-0.25, -0.2) is 9.48 Å². The number of nitrogens with zero attached hydrogens (tertiary/aromatic N) is 5. The number of para-hydroxylation sites is 1. The second kappa shape index (κ2) is 8.24. The quantitative estimate of drug-likeness (QED) is 0.839. The highest BCUT2D eigenvalue weighted by Crippen LogP contribution is 2.40. The van der Waals surface area contributed by atoms with Crippen molar-refractivity contribution in [3.8, 4) is 5.69 Å². The molecule has 1 aliphatic carbocycles. The van der Waals surface area contributed by atoms with E-state index in [9.17, 15) is 9.59 Å². The van der Waals surface area contributed by atoms with Crippen LogP contribution in [0.3, 0.4) is 0 Å². The molecule has 8 heteroatoms. The molecular formula is C21H28N6O2. The SMILES string of the molecule is CN(C)C(=O)N1CCN(CC(=O)Nc2cc(C3CC3)nn2-c2ccccc2)CC1. The minimum absolute atomic E-state index is 0.0217. The average Bonchev–Trinajstić information content (AvgIpc) is 3.49. The summed E-state index contributed by atoms with van der Waals surface area (Å²) >= 11 is 0. The van der Waals surface area contributed by atoms with Crippen LogP contribution in [0.4, 0.5) is 10.6 Å². The van der Waals surface area contributed by atoms with Crippen LogP contribution in [0.25, 0.3) is 5.69 Å². The van der Waals surface area contributed by atoms with Crippen molar-refractivity contribution in [2.24, 2.45) is 0 Å². The van der Waals surface area contributed by atoms with Crippen molar-refractivity contribution in [3.63, 3.8) is 0 Å². The van der Waals surface area contributed by atoms with E-state index in [0.29, 0.717) is 44.5 Å². The van der Waals surface area contributed by atoms with E-state index in [1.54, 1.807) is 19.0 Å². The maximum absolute atomic E-state index is 12.7.